The van der Waals surface area contributed by atoms with E-state index in [1.54, 1.807) is 61.2 Å². The number of H-pyrrole nitrogens is 1. The fourth-order valence-electron chi connectivity index (χ4n) is 9.14. The van der Waals surface area contributed by atoms with Gasteiger partial charge in [0.25, 0.3) is 0 Å². The second-order valence-electron chi connectivity index (χ2n) is 22.2. The summed E-state index contributed by atoms with van der Waals surface area (Å²) >= 11 is 0. The SMILES string of the molecule is CC(C)(C)c1ccc(-[n+]2[nH]c(-c3ccncc3)cc2CCCCC(=O)N[C@@H](Cc2ccc(O)cc2)C(N)=O)cc1.CC(C)(C)c1ccc(-n2nc(CCCCC(=O)N[C@@H](Cc3ccc(O)cc3)C(N)=O)cc2-c2ccncc2)cc1. The number of hydrogen-bond acceptors (Lipinski definition) is 9. The standard InChI is InChI=1S/2C32H37N5O3/c1-32(2,3)24-10-12-25(13-11-24)37-26(21-28(36-37)23-16-18-34-19-17-23)6-4-5-7-30(39)35-29(31(33)40)20-22-8-14-27(38)15-9-22;1-32(2,3)24-10-12-26(13-11-24)37-29(23-16-18-34-19-17-23)21-25(36-37)6-4-5-7-30(39)35-28(31(33)40)20-22-8-14-27(38)15-9-22/h8-19,21,29H,4-7,20H2,1-3H3,(H4,33,35,38,39,40);8-19,21,28,38H,4-7,20H2,1-3H3,(H2,33,40)(H,35,39)/p+1/t29-;28-/m00/s1. The predicted octanol–water partition coefficient (Wildman–Crippen LogP) is 9.15. The number of phenols is 2. The van der Waals surface area contributed by atoms with Gasteiger partial charge in [-0.3, -0.25) is 29.1 Å². The molecule has 416 valence electrons. The zero-order valence-corrected chi connectivity index (χ0v) is 46.7. The minimum atomic E-state index is -0.805. The molecule has 4 amide bonds. The summed E-state index contributed by atoms with van der Waals surface area (Å²) in [5.74, 6) is -1.33. The number of primary amides is 2. The van der Waals surface area contributed by atoms with Crippen LogP contribution in [0, 0.1) is 0 Å². The molecule has 0 radical (unpaired) electrons. The van der Waals surface area contributed by atoms with Crippen molar-refractivity contribution in [3.05, 3.63) is 192 Å². The van der Waals surface area contributed by atoms with Crippen LogP contribution in [0.1, 0.15) is 114 Å². The van der Waals surface area contributed by atoms with E-state index >= 15 is 0 Å². The zero-order valence-electron chi connectivity index (χ0n) is 46.7. The van der Waals surface area contributed by atoms with Crippen molar-refractivity contribution in [2.75, 3.05) is 0 Å². The minimum absolute atomic E-state index is 0.0665. The highest BCUT2D eigenvalue weighted by molar-refractivity contribution is 5.87. The Hall–Kier alpha value is -8.92. The first-order valence-corrected chi connectivity index (χ1v) is 27.2. The first-order valence-electron chi connectivity index (χ1n) is 27.2. The van der Waals surface area contributed by atoms with E-state index in [9.17, 15) is 29.4 Å². The van der Waals surface area contributed by atoms with Crippen molar-refractivity contribution >= 4 is 23.6 Å². The monoisotopic (exact) mass is 1080 g/mol. The van der Waals surface area contributed by atoms with Crippen molar-refractivity contribution in [1.29, 1.82) is 0 Å². The Bertz CT molecular complexity index is 3290. The van der Waals surface area contributed by atoms with Gasteiger partial charge in [0.1, 0.15) is 29.3 Å². The number of carbonyl (C=O) groups is 4. The summed E-state index contributed by atoms with van der Waals surface area (Å²) < 4.78 is 4.06. The number of amides is 4. The highest BCUT2D eigenvalue weighted by Crippen LogP contribution is 2.28. The maximum absolute atomic E-state index is 12.6. The molecule has 9 N–H and O–H groups in total. The van der Waals surface area contributed by atoms with Crippen LogP contribution in [0.15, 0.2) is 158 Å². The van der Waals surface area contributed by atoms with E-state index in [2.05, 4.69) is 133 Å². The lowest BCUT2D eigenvalue weighted by Gasteiger charge is -2.19. The number of benzene rings is 4. The molecule has 0 spiro atoms. The maximum Gasteiger partial charge on any atom is 0.240 e. The summed E-state index contributed by atoms with van der Waals surface area (Å²) in [7, 11) is 0. The molecule has 0 bridgehead atoms. The number of pyridine rings is 2. The average Bonchev–Trinajstić information content (AvgIpc) is 4.16. The number of aryl methyl sites for hydroxylation is 2. The van der Waals surface area contributed by atoms with Gasteiger partial charge in [-0.05, 0) is 132 Å². The summed E-state index contributed by atoms with van der Waals surface area (Å²) in [6.07, 6.45) is 12.6. The van der Waals surface area contributed by atoms with Crippen LogP contribution >= 0.6 is 0 Å². The van der Waals surface area contributed by atoms with Gasteiger partial charge in [0.15, 0.2) is 0 Å². The van der Waals surface area contributed by atoms with Crippen LogP contribution in [0.25, 0.3) is 33.9 Å². The molecule has 4 aromatic heterocycles. The Labute approximate surface area is 468 Å². The molecule has 8 aromatic rings. The second-order valence-corrected chi connectivity index (χ2v) is 22.2. The maximum atomic E-state index is 12.6. The molecule has 0 aliphatic rings. The van der Waals surface area contributed by atoms with Crippen LogP contribution in [-0.2, 0) is 55.7 Å². The van der Waals surface area contributed by atoms with Crippen molar-refractivity contribution in [2.24, 2.45) is 11.5 Å². The molecule has 0 aliphatic carbocycles. The molecule has 16 nitrogen and oxygen atoms in total. The van der Waals surface area contributed by atoms with Crippen LogP contribution in [-0.4, -0.2) is 70.8 Å². The van der Waals surface area contributed by atoms with Crippen molar-refractivity contribution in [2.45, 2.75) is 129 Å². The fourth-order valence-corrected chi connectivity index (χ4v) is 9.14. The summed E-state index contributed by atoms with van der Waals surface area (Å²) in [4.78, 5) is 57.3. The van der Waals surface area contributed by atoms with Crippen LogP contribution < -0.4 is 26.8 Å². The number of nitrogens with zero attached hydrogens (tertiary/aromatic N) is 5. The van der Waals surface area contributed by atoms with Gasteiger partial charge < -0.3 is 32.3 Å². The first-order chi connectivity index (χ1) is 38.2. The van der Waals surface area contributed by atoms with Crippen molar-refractivity contribution in [3.8, 4) is 45.4 Å². The molecule has 0 aliphatic heterocycles. The van der Waals surface area contributed by atoms with Gasteiger partial charge in [-0.25, -0.2) is 4.68 Å². The van der Waals surface area contributed by atoms with Gasteiger partial charge in [0.2, 0.25) is 35.0 Å². The van der Waals surface area contributed by atoms with Gasteiger partial charge >= 0.3 is 0 Å². The normalized spacial score (nSPS) is 12.2. The highest BCUT2D eigenvalue weighted by atomic mass is 16.3. The summed E-state index contributed by atoms with van der Waals surface area (Å²) in [5, 5.41) is 32.9. The summed E-state index contributed by atoms with van der Waals surface area (Å²) in [6, 6.07) is 40.6. The molecule has 0 fully saturated rings. The van der Waals surface area contributed by atoms with Crippen molar-refractivity contribution < 1.29 is 34.1 Å². The van der Waals surface area contributed by atoms with Crippen LogP contribution in [0.3, 0.4) is 0 Å². The Kier molecular flexibility index (Phi) is 19.9. The zero-order chi connectivity index (χ0) is 57.4. The van der Waals surface area contributed by atoms with Gasteiger partial charge in [-0.15, -0.1) is 0 Å². The van der Waals surface area contributed by atoms with E-state index in [-0.39, 0.29) is 53.4 Å². The van der Waals surface area contributed by atoms with Gasteiger partial charge in [0, 0.05) is 86.2 Å². The van der Waals surface area contributed by atoms with Crippen molar-refractivity contribution in [1.82, 2.24) is 35.5 Å². The number of aromatic hydroxyl groups is 2. The summed E-state index contributed by atoms with van der Waals surface area (Å²) in [6.45, 7) is 13.2. The molecular formula is C64H75N10O6+. The molecule has 2 atom stereocenters. The topological polar surface area (TPSA) is 248 Å². The first kappa shape index (κ1) is 58.8. The molecule has 0 saturated heterocycles. The number of unbranched alkanes of at least 4 members (excludes halogenated alkanes) is 2. The number of nitrogens with two attached hydrogens (primary N) is 2. The van der Waals surface area contributed by atoms with E-state index in [1.807, 2.05) is 28.9 Å². The number of nitrogens with one attached hydrogen (secondary N) is 3. The highest BCUT2D eigenvalue weighted by Gasteiger charge is 2.24. The Morgan fingerprint density at radius 3 is 1.49 bits per heavy atom. The molecule has 0 saturated carbocycles. The number of aromatic amines is 1. The smallest absolute Gasteiger partial charge is 0.240 e. The third kappa shape index (κ3) is 17.0. The number of phenolic OH excluding ortho intramolecular Hbond substituents is 2. The van der Waals surface area contributed by atoms with Crippen LogP contribution in [0.2, 0.25) is 0 Å². The van der Waals surface area contributed by atoms with Gasteiger partial charge in [0.05, 0.1) is 17.1 Å². The van der Waals surface area contributed by atoms with Crippen LogP contribution in [0.5, 0.6) is 11.5 Å². The number of hydrogen-bond donors (Lipinski definition) is 7. The molecule has 8 rings (SSSR count). The molecule has 4 aromatic carbocycles. The Morgan fingerprint density at radius 1 is 0.575 bits per heavy atom. The lowest BCUT2D eigenvalue weighted by atomic mass is 9.87. The molecular weight excluding hydrogens is 1000 g/mol. The molecule has 16 heteroatoms. The Balaban J connectivity index is 0.000000231. The van der Waals surface area contributed by atoms with E-state index in [1.165, 1.54) is 23.3 Å². The quantitative estimate of drug-likeness (QED) is 0.0252. The fraction of sp³-hybridized carbons (Fsp3) is 0.312. The van der Waals surface area contributed by atoms with E-state index in [0.717, 1.165) is 75.7 Å². The van der Waals surface area contributed by atoms with Crippen LogP contribution in [0.4, 0.5) is 0 Å². The number of carbonyl (C=O) groups excluding carboxylic acids is 4. The second kappa shape index (κ2) is 27.1. The number of rotatable bonds is 22. The lowest BCUT2D eigenvalue weighted by molar-refractivity contribution is -0.662. The van der Waals surface area contributed by atoms with E-state index in [4.69, 9.17) is 16.6 Å². The predicted molar refractivity (Wildman–Crippen MR) is 311 cm³/mol. The van der Waals surface area contributed by atoms with E-state index in [0.29, 0.717) is 25.7 Å². The number of aromatic nitrogens is 6. The molecule has 0 unspecified atom stereocenters. The van der Waals surface area contributed by atoms with Gasteiger partial charge in [-0.1, -0.05) is 94.8 Å². The molecule has 4 heterocycles. The lowest BCUT2D eigenvalue weighted by Crippen LogP contribution is -2.45. The van der Waals surface area contributed by atoms with Crippen molar-refractivity contribution in [3.63, 3.8) is 0 Å². The Morgan fingerprint density at radius 2 is 1.02 bits per heavy atom. The third-order valence-corrected chi connectivity index (χ3v) is 13.8. The van der Waals surface area contributed by atoms with Gasteiger partial charge in [-0.2, -0.15) is 10.2 Å². The largest absolute Gasteiger partial charge is 0.508 e. The summed E-state index contributed by atoms with van der Waals surface area (Å²) in [5.41, 5.74) is 23.5. The minimum Gasteiger partial charge on any atom is -0.508 e. The average molecular weight is 1080 g/mol. The molecule has 80 heavy (non-hydrogen) atoms. The van der Waals surface area contributed by atoms with E-state index < -0.39 is 23.9 Å². The third-order valence-electron chi connectivity index (χ3n) is 13.8.